The van der Waals surface area contributed by atoms with Crippen molar-refractivity contribution in [1.29, 1.82) is 0 Å². The zero-order valence-corrected chi connectivity index (χ0v) is 21.4. The van der Waals surface area contributed by atoms with Crippen molar-refractivity contribution < 1.29 is 9.59 Å². The molecule has 1 saturated heterocycles. The fourth-order valence-corrected chi connectivity index (χ4v) is 6.18. The van der Waals surface area contributed by atoms with Crippen LogP contribution in [0.25, 0.3) is 5.69 Å². The zero-order valence-electron chi connectivity index (χ0n) is 19.8. The minimum atomic E-state index is -0.256. The molecule has 0 atom stereocenters. The lowest BCUT2D eigenvalue weighted by Gasteiger charge is -2.30. The fraction of sp³-hybridized carbons (Fsp3) is 0.320. The number of piperidine rings is 1. The number of thiazole rings is 2. The number of para-hydroxylation sites is 1. The van der Waals surface area contributed by atoms with Gasteiger partial charge in [0.25, 0.3) is 11.8 Å². The van der Waals surface area contributed by atoms with E-state index in [1.54, 1.807) is 4.68 Å². The summed E-state index contributed by atoms with van der Waals surface area (Å²) >= 11 is 2.97. The molecule has 1 aromatic carbocycles. The molecule has 0 radical (unpaired) electrons. The van der Waals surface area contributed by atoms with E-state index in [4.69, 9.17) is 0 Å². The molecular weight excluding hydrogens is 480 g/mol. The maximum absolute atomic E-state index is 13.0. The van der Waals surface area contributed by atoms with Gasteiger partial charge in [0.2, 0.25) is 0 Å². The summed E-state index contributed by atoms with van der Waals surface area (Å²) in [5.41, 5.74) is 2.89. The van der Waals surface area contributed by atoms with E-state index in [0.717, 1.165) is 44.8 Å². The van der Waals surface area contributed by atoms with E-state index in [-0.39, 0.29) is 17.7 Å². The summed E-state index contributed by atoms with van der Waals surface area (Å²) in [5.74, 6) is 0.657. The maximum atomic E-state index is 13.0. The first-order valence-corrected chi connectivity index (χ1v) is 13.2. The highest BCUT2D eigenvalue weighted by atomic mass is 32.1. The van der Waals surface area contributed by atoms with E-state index in [1.807, 2.05) is 67.4 Å². The third-order valence-electron chi connectivity index (χ3n) is 6.06. The Hall–Kier alpha value is -3.37. The topological polar surface area (TPSA) is 93.0 Å². The Morgan fingerprint density at radius 1 is 1.06 bits per heavy atom. The largest absolute Gasteiger partial charge is 0.338 e. The number of benzene rings is 1. The Balaban J connectivity index is 1.23. The molecule has 0 unspecified atom stereocenters. The second-order valence-electron chi connectivity index (χ2n) is 8.66. The molecule has 8 nitrogen and oxygen atoms in total. The number of anilines is 1. The van der Waals surface area contributed by atoms with Crippen molar-refractivity contribution in [2.45, 2.75) is 39.5 Å². The molecule has 3 aromatic heterocycles. The van der Waals surface area contributed by atoms with Crippen LogP contribution >= 0.6 is 22.7 Å². The zero-order chi connectivity index (χ0) is 24.5. The summed E-state index contributed by atoms with van der Waals surface area (Å²) in [6.45, 7) is 7.06. The van der Waals surface area contributed by atoms with E-state index in [0.29, 0.717) is 24.6 Å². The number of nitrogens with zero attached hydrogens (tertiary/aromatic N) is 5. The number of hydrogen-bond acceptors (Lipinski definition) is 7. The monoisotopic (exact) mass is 506 g/mol. The minimum Gasteiger partial charge on any atom is -0.338 e. The molecule has 1 aliphatic rings. The highest BCUT2D eigenvalue weighted by molar-refractivity contribution is 7.13. The molecule has 2 amide bonds. The molecule has 0 saturated carbocycles. The molecule has 4 heterocycles. The fourth-order valence-electron chi connectivity index (χ4n) is 4.32. The van der Waals surface area contributed by atoms with Crippen molar-refractivity contribution in [3.05, 3.63) is 73.8 Å². The van der Waals surface area contributed by atoms with Crippen LogP contribution in [0.4, 0.5) is 5.82 Å². The number of aryl methyl sites for hydroxylation is 3. The van der Waals surface area contributed by atoms with Crippen molar-refractivity contribution in [3.8, 4) is 5.69 Å². The van der Waals surface area contributed by atoms with Gasteiger partial charge in [-0.25, -0.2) is 14.6 Å². The highest BCUT2D eigenvalue weighted by Gasteiger charge is 2.28. The lowest BCUT2D eigenvalue weighted by atomic mass is 9.97. The summed E-state index contributed by atoms with van der Waals surface area (Å²) in [5, 5.41) is 11.1. The number of aromatic nitrogens is 4. The van der Waals surface area contributed by atoms with E-state index in [1.165, 1.54) is 22.7 Å². The van der Waals surface area contributed by atoms with E-state index < -0.39 is 0 Å². The number of carbonyl (C=O) groups excluding carboxylic acids is 2. The van der Waals surface area contributed by atoms with Gasteiger partial charge in [-0.2, -0.15) is 5.10 Å². The quantitative estimate of drug-likeness (QED) is 0.412. The van der Waals surface area contributed by atoms with Gasteiger partial charge >= 0.3 is 0 Å². The first-order valence-electron chi connectivity index (χ1n) is 11.5. The number of nitrogens with one attached hydrogen (secondary N) is 1. The molecule has 10 heteroatoms. The van der Waals surface area contributed by atoms with Gasteiger partial charge in [-0.05, 0) is 45.7 Å². The van der Waals surface area contributed by atoms with Gasteiger partial charge in [0.1, 0.15) is 16.4 Å². The van der Waals surface area contributed by atoms with Crippen LogP contribution in [-0.2, 0) is 0 Å². The van der Waals surface area contributed by atoms with Crippen LogP contribution in [0.2, 0.25) is 0 Å². The number of likely N-dealkylation sites (tertiary alicyclic amines) is 1. The number of rotatable bonds is 5. The van der Waals surface area contributed by atoms with E-state index in [2.05, 4.69) is 20.4 Å². The van der Waals surface area contributed by atoms with Crippen LogP contribution in [0, 0.1) is 20.8 Å². The Morgan fingerprint density at radius 3 is 2.49 bits per heavy atom. The normalized spacial score (nSPS) is 14.3. The van der Waals surface area contributed by atoms with Gasteiger partial charge in [-0.3, -0.25) is 9.59 Å². The lowest BCUT2D eigenvalue weighted by molar-refractivity contribution is 0.0717. The molecule has 4 aromatic rings. The summed E-state index contributed by atoms with van der Waals surface area (Å²) in [4.78, 5) is 37.5. The van der Waals surface area contributed by atoms with E-state index in [9.17, 15) is 9.59 Å². The van der Waals surface area contributed by atoms with Crippen LogP contribution in [0.3, 0.4) is 0 Å². The average Bonchev–Trinajstić information content (AvgIpc) is 3.58. The lowest BCUT2D eigenvalue weighted by Crippen LogP contribution is -2.37. The smallest absolute Gasteiger partial charge is 0.276 e. The van der Waals surface area contributed by atoms with Crippen molar-refractivity contribution in [2.75, 3.05) is 18.4 Å². The molecule has 0 spiro atoms. The molecule has 0 aliphatic carbocycles. The molecule has 1 N–H and O–H groups in total. The maximum Gasteiger partial charge on any atom is 0.276 e. The van der Waals surface area contributed by atoms with Crippen molar-refractivity contribution >= 4 is 40.3 Å². The second kappa shape index (κ2) is 9.71. The predicted molar refractivity (Wildman–Crippen MR) is 138 cm³/mol. The van der Waals surface area contributed by atoms with Crippen LogP contribution in [0.5, 0.6) is 0 Å². The summed E-state index contributed by atoms with van der Waals surface area (Å²) < 4.78 is 1.72. The minimum absolute atomic E-state index is 0.0658. The number of amides is 2. The Morgan fingerprint density at radius 2 is 1.80 bits per heavy atom. The predicted octanol–water partition coefficient (Wildman–Crippen LogP) is 4.98. The standard InChI is InChI=1S/C25H26N6O2S2/c1-15-13-21(31(29-15)19-7-5-4-6-8-19)28-23(32)20-14-34-24(27-20)18-9-11-30(12-10-18)25(33)22-16(2)26-17(3)35-22/h4-8,13-14,18H,9-12H2,1-3H3,(H,28,32). The second-order valence-corrected chi connectivity index (χ2v) is 10.8. The van der Waals surface area contributed by atoms with Gasteiger partial charge in [0.15, 0.2) is 0 Å². The van der Waals surface area contributed by atoms with Gasteiger partial charge in [-0.15, -0.1) is 22.7 Å². The van der Waals surface area contributed by atoms with Crippen molar-refractivity contribution in [1.82, 2.24) is 24.6 Å². The molecule has 180 valence electrons. The SMILES string of the molecule is Cc1cc(NC(=O)c2csc(C3CCN(C(=O)c4sc(C)nc4C)CC3)n2)n(-c2ccccc2)n1. The molecule has 5 rings (SSSR count). The van der Waals surface area contributed by atoms with Crippen LogP contribution in [-0.4, -0.2) is 49.6 Å². The Bertz CT molecular complexity index is 1370. The van der Waals surface area contributed by atoms with Gasteiger partial charge in [0, 0.05) is 30.5 Å². The van der Waals surface area contributed by atoms with E-state index >= 15 is 0 Å². The molecule has 35 heavy (non-hydrogen) atoms. The molecule has 0 bridgehead atoms. The van der Waals surface area contributed by atoms with Gasteiger partial charge in [-0.1, -0.05) is 18.2 Å². The number of hydrogen-bond donors (Lipinski definition) is 1. The highest BCUT2D eigenvalue weighted by Crippen LogP contribution is 2.32. The summed E-state index contributed by atoms with van der Waals surface area (Å²) in [6.07, 6.45) is 1.66. The molecule has 1 fully saturated rings. The van der Waals surface area contributed by atoms with Gasteiger partial charge in [0.05, 0.1) is 27.1 Å². The molecule has 1 aliphatic heterocycles. The third-order valence-corrected chi connectivity index (χ3v) is 8.13. The van der Waals surface area contributed by atoms with Crippen molar-refractivity contribution in [2.24, 2.45) is 0 Å². The summed E-state index contributed by atoms with van der Waals surface area (Å²) in [7, 11) is 0. The van der Waals surface area contributed by atoms with Crippen LogP contribution in [0.15, 0.2) is 41.8 Å². The van der Waals surface area contributed by atoms with Crippen LogP contribution < -0.4 is 5.32 Å². The van der Waals surface area contributed by atoms with Crippen LogP contribution in [0.1, 0.15) is 60.3 Å². The molecular formula is C25H26N6O2S2. The first-order chi connectivity index (χ1) is 16.9. The summed E-state index contributed by atoms with van der Waals surface area (Å²) in [6, 6.07) is 11.5. The Labute approximate surface area is 211 Å². The van der Waals surface area contributed by atoms with Crippen molar-refractivity contribution in [3.63, 3.8) is 0 Å². The first kappa shape index (κ1) is 23.4. The average molecular weight is 507 g/mol. The Kier molecular flexibility index (Phi) is 6.48. The third kappa shape index (κ3) is 4.89. The van der Waals surface area contributed by atoms with Gasteiger partial charge < -0.3 is 10.2 Å². The number of carbonyl (C=O) groups is 2.